The summed E-state index contributed by atoms with van der Waals surface area (Å²) >= 11 is 2.83. The molecule has 2 N–H and O–H groups in total. The number of benzene rings is 1. The van der Waals surface area contributed by atoms with Crippen molar-refractivity contribution in [3.05, 3.63) is 45.7 Å². The monoisotopic (exact) mass is 361 g/mol. The van der Waals surface area contributed by atoms with Gasteiger partial charge in [-0.1, -0.05) is 11.8 Å². The first-order valence-corrected chi connectivity index (χ1v) is 8.81. The largest absolute Gasteiger partial charge is 0.493 e. The van der Waals surface area contributed by atoms with Crippen LogP contribution in [0.5, 0.6) is 17.4 Å². The van der Waals surface area contributed by atoms with E-state index in [1.54, 1.807) is 0 Å². The topological polar surface area (TPSA) is 97.3 Å². The van der Waals surface area contributed by atoms with E-state index in [9.17, 15) is 9.90 Å². The molecule has 0 saturated carbocycles. The normalized spacial score (nSPS) is 12.5. The van der Waals surface area contributed by atoms with Crippen LogP contribution >= 0.6 is 23.1 Å². The van der Waals surface area contributed by atoms with Crippen LogP contribution in [0.15, 0.2) is 39.6 Å². The highest BCUT2D eigenvalue weighted by Crippen LogP contribution is 2.37. The summed E-state index contributed by atoms with van der Waals surface area (Å²) in [6, 6.07) is 6.75. The van der Waals surface area contributed by atoms with Crippen molar-refractivity contribution in [1.82, 2.24) is 15.0 Å². The van der Waals surface area contributed by atoms with Gasteiger partial charge in [-0.05, 0) is 18.2 Å². The van der Waals surface area contributed by atoms with Gasteiger partial charge in [-0.25, -0.2) is 4.98 Å². The van der Waals surface area contributed by atoms with Crippen LogP contribution in [0.1, 0.15) is 5.69 Å². The van der Waals surface area contributed by atoms with Crippen LogP contribution in [0.25, 0.3) is 10.6 Å². The Morgan fingerprint density at radius 3 is 3.00 bits per heavy atom. The third kappa shape index (κ3) is 3.08. The van der Waals surface area contributed by atoms with Crippen LogP contribution in [0.4, 0.5) is 0 Å². The fraction of sp³-hybridized carbons (Fsp3) is 0.133. The number of nitrogens with zero attached hydrogens (tertiary/aromatic N) is 2. The van der Waals surface area contributed by atoms with Gasteiger partial charge in [0.25, 0.3) is 5.56 Å². The van der Waals surface area contributed by atoms with Crippen LogP contribution in [0, 0.1) is 0 Å². The van der Waals surface area contributed by atoms with E-state index in [2.05, 4.69) is 15.0 Å². The zero-order valence-corrected chi connectivity index (χ0v) is 13.8. The molecule has 3 aromatic rings. The summed E-state index contributed by atoms with van der Waals surface area (Å²) in [6.07, 6.45) is 0. The van der Waals surface area contributed by atoms with Crippen LogP contribution < -0.4 is 15.0 Å². The molecule has 4 rings (SSSR count). The SMILES string of the molecule is O=c1cc(O)nc(SCc2csc(-c3ccc4c(c3)OCO4)n2)[nH]1. The first-order chi connectivity index (χ1) is 11.7. The number of thioether (sulfide) groups is 1. The summed E-state index contributed by atoms with van der Waals surface area (Å²) in [5, 5.41) is 12.5. The molecule has 1 aliphatic rings. The maximum Gasteiger partial charge on any atom is 0.255 e. The highest BCUT2D eigenvalue weighted by atomic mass is 32.2. The Morgan fingerprint density at radius 2 is 2.12 bits per heavy atom. The minimum atomic E-state index is -0.385. The molecule has 0 spiro atoms. The first-order valence-electron chi connectivity index (χ1n) is 6.95. The lowest BCUT2D eigenvalue weighted by Gasteiger charge is -2.00. The van der Waals surface area contributed by atoms with Crippen molar-refractivity contribution in [2.45, 2.75) is 10.9 Å². The lowest BCUT2D eigenvalue weighted by atomic mass is 10.2. The number of H-pyrrole nitrogens is 1. The molecule has 1 aromatic carbocycles. The summed E-state index contributed by atoms with van der Waals surface area (Å²) in [5.41, 5.74) is 1.44. The molecule has 9 heteroatoms. The molecule has 0 aliphatic carbocycles. The maximum atomic E-state index is 11.3. The van der Waals surface area contributed by atoms with Crippen molar-refractivity contribution in [3.63, 3.8) is 0 Å². The highest BCUT2D eigenvalue weighted by molar-refractivity contribution is 7.98. The Kier molecular flexibility index (Phi) is 3.87. The third-order valence-electron chi connectivity index (χ3n) is 3.23. The van der Waals surface area contributed by atoms with Crippen molar-refractivity contribution >= 4 is 23.1 Å². The van der Waals surface area contributed by atoms with E-state index in [0.29, 0.717) is 10.9 Å². The predicted molar refractivity (Wildman–Crippen MR) is 89.8 cm³/mol. The number of aromatic hydroxyl groups is 1. The number of ether oxygens (including phenoxy) is 2. The van der Waals surface area contributed by atoms with Gasteiger partial charge < -0.3 is 19.6 Å². The van der Waals surface area contributed by atoms with Gasteiger partial charge >= 0.3 is 0 Å². The number of hydrogen-bond acceptors (Lipinski definition) is 8. The Morgan fingerprint density at radius 1 is 1.25 bits per heavy atom. The highest BCUT2D eigenvalue weighted by Gasteiger charge is 2.15. The van der Waals surface area contributed by atoms with E-state index in [4.69, 9.17) is 9.47 Å². The molecule has 122 valence electrons. The quantitative estimate of drug-likeness (QED) is 0.544. The number of rotatable bonds is 4. The maximum absolute atomic E-state index is 11.3. The standard InChI is InChI=1S/C15H11N3O4S2/c19-12-4-13(20)18-15(17-12)24-6-9-5-23-14(16-9)8-1-2-10-11(3-8)22-7-21-10/h1-5H,6-7H2,(H2,17,18,19,20). The molecule has 0 radical (unpaired) electrons. The molecule has 2 aromatic heterocycles. The van der Waals surface area contributed by atoms with Crippen molar-refractivity contribution in [1.29, 1.82) is 0 Å². The number of nitrogens with one attached hydrogen (secondary N) is 1. The van der Waals surface area contributed by atoms with E-state index < -0.39 is 0 Å². The smallest absolute Gasteiger partial charge is 0.255 e. The van der Waals surface area contributed by atoms with Gasteiger partial charge in [-0.15, -0.1) is 11.3 Å². The minimum absolute atomic E-state index is 0.244. The number of fused-ring (bicyclic) bond motifs is 1. The van der Waals surface area contributed by atoms with E-state index >= 15 is 0 Å². The second kappa shape index (κ2) is 6.17. The molecule has 1 aliphatic heterocycles. The Hall–Kier alpha value is -2.52. The van der Waals surface area contributed by atoms with Crippen LogP contribution in [-0.4, -0.2) is 26.9 Å². The van der Waals surface area contributed by atoms with Gasteiger partial charge in [0.15, 0.2) is 16.7 Å². The summed E-state index contributed by atoms with van der Waals surface area (Å²) in [4.78, 5) is 22.3. The summed E-state index contributed by atoms with van der Waals surface area (Å²) < 4.78 is 10.7. The van der Waals surface area contributed by atoms with Crippen molar-refractivity contribution < 1.29 is 14.6 Å². The number of thiazole rings is 1. The van der Waals surface area contributed by atoms with Crippen molar-refractivity contribution in [2.24, 2.45) is 0 Å². The zero-order chi connectivity index (χ0) is 16.5. The Labute approximate surface area is 144 Å². The molecule has 3 heterocycles. The lowest BCUT2D eigenvalue weighted by molar-refractivity contribution is 0.174. The molecule has 0 amide bonds. The molecule has 24 heavy (non-hydrogen) atoms. The number of aromatic nitrogens is 3. The van der Waals surface area contributed by atoms with Crippen molar-refractivity contribution in [2.75, 3.05) is 6.79 Å². The molecule has 0 unspecified atom stereocenters. The van der Waals surface area contributed by atoms with Crippen LogP contribution in [0.2, 0.25) is 0 Å². The van der Waals surface area contributed by atoms with E-state index in [1.807, 2.05) is 23.6 Å². The molecule has 0 bridgehead atoms. The zero-order valence-electron chi connectivity index (χ0n) is 12.2. The minimum Gasteiger partial charge on any atom is -0.493 e. The van der Waals surface area contributed by atoms with Gasteiger partial charge in [0, 0.05) is 16.7 Å². The van der Waals surface area contributed by atoms with Gasteiger partial charge in [0.05, 0.1) is 11.8 Å². The molecule has 0 fully saturated rings. The molecule has 0 atom stereocenters. The van der Waals surface area contributed by atoms with Gasteiger partial charge in [0.2, 0.25) is 12.7 Å². The van der Waals surface area contributed by atoms with Gasteiger partial charge in [-0.2, -0.15) is 4.98 Å². The fourth-order valence-corrected chi connectivity index (χ4v) is 3.85. The van der Waals surface area contributed by atoms with E-state index in [-0.39, 0.29) is 18.2 Å². The fourth-order valence-electron chi connectivity index (χ4n) is 2.17. The van der Waals surface area contributed by atoms with Crippen molar-refractivity contribution in [3.8, 4) is 28.0 Å². The van der Waals surface area contributed by atoms with Gasteiger partial charge in [-0.3, -0.25) is 4.79 Å². The van der Waals surface area contributed by atoms with E-state index in [1.165, 1.54) is 23.1 Å². The van der Waals surface area contributed by atoms with Crippen LogP contribution in [-0.2, 0) is 5.75 Å². The molecular formula is C15H11N3O4S2. The second-order valence-electron chi connectivity index (χ2n) is 4.91. The third-order valence-corrected chi connectivity index (χ3v) is 5.08. The number of hydrogen-bond donors (Lipinski definition) is 2. The average molecular weight is 361 g/mol. The number of aromatic amines is 1. The predicted octanol–water partition coefficient (Wildman–Crippen LogP) is 2.62. The molecule has 0 saturated heterocycles. The van der Waals surface area contributed by atoms with E-state index in [0.717, 1.165) is 33.8 Å². The summed E-state index contributed by atoms with van der Waals surface area (Å²) in [6.45, 7) is 0.244. The Bertz CT molecular complexity index is 954. The van der Waals surface area contributed by atoms with Crippen LogP contribution in [0.3, 0.4) is 0 Å². The summed E-state index contributed by atoms with van der Waals surface area (Å²) in [5.74, 6) is 1.71. The second-order valence-corrected chi connectivity index (χ2v) is 6.73. The summed E-state index contributed by atoms with van der Waals surface area (Å²) in [7, 11) is 0. The molecular weight excluding hydrogens is 350 g/mol. The van der Waals surface area contributed by atoms with Gasteiger partial charge in [0.1, 0.15) is 5.01 Å². The average Bonchev–Trinajstić information content (AvgIpc) is 3.20. The molecule has 7 nitrogen and oxygen atoms in total. The first kappa shape index (κ1) is 15.0. The lowest BCUT2D eigenvalue weighted by Crippen LogP contribution is -2.06. The Balaban J connectivity index is 1.49.